The summed E-state index contributed by atoms with van der Waals surface area (Å²) in [5.41, 5.74) is 7.31. The molecule has 0 fully saturated rings. The van der Waals surface area contributed by atoms with Gasteiger partial charge in [0.2, 0.25) is 0 Å². The van der Waals surface area contributed by atoms with E-state index in [4.69, 9.17) is 10.5 Å². The first-order valence-electron chi connectivity index (χ1n) is 5.81. The molecule has 18 heavy (non-hydrogen) atoms. The summed E-state index contributed by atoms with van der Waals surface area (Å²) >= 11 is 0. The molecule has 0 aliphatic heterocycles. The van der Waals surface area contributed by atoms with Gasteiger partial charge in [-0.15, -0.1) is 0 Å². The molecule has 2 rings (SSSR count). The molecule has 0 spiro atoms. The van der Waals surface area contributed by atoms with E-state index in [1.165, 1.54) is 0 Å². The Morgan fingerprint density at radius 3 is 2.78 bits per heavy atom. The van der Waals surface area contributed by atoms with Gasteiger partial charge in [0.25, 0.3) is 5.56 Å². The monoisotopic (exact) mass is 244 g/mol. The Bertz CT molecular complexity index is 590. The molecule has 1 aromatic heterocycles. The number of aromatic nitrogens is 1. The quantitative estimate of drug-likeness (QED) is 0.835. The van der Waals surface area contributed by atoms with E-state index < -0.39 is 0 Å². The maximum absolute atomic E-state index is 11.6. The smallest absolute Gasteiger partial charge is 0.250 e. The highest BCUT2D eigenvalue weighted by atomic mass is 16.5. The fourth-order valence-electron chi connectivity index (χ4n) is 1.66. The number of nitrogens with zero attached hydrogens (tertiary/aromatic N) is 1. The van der Waals surface area contributed by atoms with Crippen LogP contribution in [0.1, 0.15) is 5.56 Å². The van der Waals surface area contributed by atoms with Crippen LogP contribution in [0.3, 0.4) is 0 Å². The van der Waals surface area contributed by atoms with Crippen molar-refractivity contribution >= 4 is 5.69 Å². The number of ether oxygens (including phenoxy) is 1. The average Bonchev–Trinajstić information content (AvgIpc) is 2.34. The third-order valence-electron chi connectivity index (χ3n) is 2.66. The van der Waals surface area contributed by atoms with Crippen LogP contribution in [0.4, 0.5) is 5.69 Å². The molecule has 2 N–H and O–H groups in total. The number of hydrogen-bond donors (Lipinski definition) is 1. The minimum Gasteiger partial charge on any atom is -0.490 e. The van der Waals surface area contributed by atoms with Crippen molar-refractivity contribution in [3.05, 3.63) is 58.5 Å². The van der Waals surface area contributed by atoms with Gasteiger partial charge in [-0.2, -0.15) is 0 Å². The zero-order chi connectivity index (χ0) is 13.0. The van der Waals surface area contributed by atoms with Crippen molar-refractivity contribution in [2.45, 2.75) is 13.5 Å². The van der Waals surface area contributed by atoms with Gasteiger partial charge in [0.15, 0.2) is 0 Å². The van der Waals surface area contributed by atoms with Crippen molar-refractivity contribution in [1.82, 2.24) is 4.57 Å². The van der Waals surface area contributed by atoms with Gasteiger partial charge in [-0.1, -0.05) is 12.1 Å². The topological polar surface area (TPSA) is 57.2 Å². The summed E-state index contributed by atoms with van der Waals surface area (Å²) in [5.74, 6) is 0.651. The number of nitrogens with two attached hydrogens (primary N) is 1. The number of hydrogen-bond acceptors (Lipinski definition) is 3. The van der Waals surface area contributed by atoms with Crippen LogP contribution in [-0.2, 0) is 6.54 Å². The highest BCUT2D eigenvalue weighted by Gasteiger charge is 2.00. The van der Waals surface area contributed by atoms with Crippen molar-refractivity contribution in [3.8, 4) is 5.75 Å². The minimum absolute atomic E-state index is 0.0142. The summed E-state index contributed by atoms with van der Waals surface area (Å²) in [5, 5.41) is 0. The largest absolute Gasteiger partial charge is 0.490 e. The fraction of sp³-hybridized carbons (Fsp3) is 0.214. The number of aryl methyl sites for hydroxylation is 1. The van der Waals surface area contributed by atoms with Gasteiger partial charge < -0.3 is 15.0 Å². The fourth-order valence-corrected chi connectivity index (χ4v) is 1.66. The van der Waals surface area contributed by atoms with Gasteiger partial charge in [0.1, 0.15) is 12.4 Å². The predicted molar refractivity (Wildman–Crippen MR) is 71.8 cm³/mol. The lowest BCUT2D eigenvalue weighted by Crippen LogP contribution is -2.22. The van der Waals surface area contributed by atoms with E-state index in [1.54, 1.807) is 22.9 Å². The molecule has 1 heterocycles. The number of rotatable bonds is 4. The van der Waals surface area contributed by atoms with E-state index in [0.717, 1.165) is 5.56 Å². The van der Waals surface area contributed by atoms with Crippen LogP contribution < -0.4 is 16.0 Å². The van der Waals surface area contributed by atoms with Crippen LogP contribution >= 0.6 is 0 Å². The van der Waals surface area contributed by atoms with Crippen LogP contribution in [0.2, 0.25) is 0 Å². The zero-order valence-electron chi connectivity index (χ0n) is 10.3. The van der Waals surface area contributed by atoms with E-state index in [0.29, 0.717) is 24.6 Å². The summed E-state index contributed by atoms with van der Waals surface area (Å²) in [7, 11) is 0. The molecule has 2 aromatic rings. The maximum Gasteiger partial charge on any atom is 0.250 e. The van der Waals surface area contributed by atoms with Crippen LogP contribution in [0.15, 0.2) is 47.4 Å². The Morgan fingerprint density at radius 1 is 1.28 bits per heavy atom. The lowest BCUT2D eigenvalue weighted by Gasteiger charge is -2.10. The SMILES string of the molecule is Cc1ccn(CCOc2ccccc2N)c(=O)c1. The zero-order valence-corrected chi connectivity index (χ0v) is 10.3. The number of pyridine rings is 1. The number of benzene rings is 1. The normalized spacial score (nSPS) is 10.3. The van der Waals surface area contributed by atoms with Crippen molar-refractivity contribution in [2.75, 3.05) is 12.3 Å². The number of nitrogen functional groups attached to an aromatic ring is 1. The molecular formula is C14H16N2O2. The maximum atomic E-state index is 11.6. The van der Waals surface area contributed by atoms with Gasteiger partial charge in [-0.3, -0.25) is 4.79 Å². The van der Waals surface area contributed by atoms with Crippen LogP contribution in [0.25, 0.3) is 0 Å². The van der Waals surface area contributed by atoms with Crippen molar-refractivity contribution in [3.63, 3.8) is 0 Å². The van der Waals surface area contributed by atoms with Gasteiger partial charge in [0.05, 0.1) is 12.2 Å². The Labute approximate surface area is 106 Å². The second-order valence-corrected chi connectivity index (χ2v) is 4.12. The highest BCUT2D eigenvalue weighted by molar-refractivity contribution is 5.51. The van der Waals surface area contributed by atoms with E-state index in [9.17, 15) is 4.79 Å². The molecular weight excluding hydrogens is 228 g/mol. The first-order valence-corrected chi connectivity index (χ1v) is 5.81. The van der Waals surface area contributed by atoms with Gasteiger partial charge in [-0.05, 0) is 30.7 Å². The summed E-state index contributed by atoms with van der Waals surface area (Å²) in [6, 6.07) is 10.8. The molecule has 0 saturated carbocycles. The molecule has 0 unspecified atom stereocenters. The second-order valence-electron chi connectivity index (χ2n) is 4.12. The standard InChI is InChI=1S/C14H16N2O2/c1-11-6-7-16(14(17)10-11)8-9-18-13-5-3-2-4-12(13)15/h2-7,10H,8-9,15H2,1H3. The Kier molecular flexibility index (Phi) is 3.67. The van der Waals surface area contributed by atoms with E-state index in [2.05, 4.69) is 0 Å². The van der Waals surface area contributed by atoms with Crippen LogP contribution in [0.5, 0.6) is 5.75 Å². The lowest BCUT2D eigenvalue weighted by molar-refractivity contribution is 0.298. The summed E-state index contributed by atoms with van der Waals surface area (Å²) in [6.45, 7) is 2.82. The van der Waals surface area contributed by atoms with Crippen molar-refractivity contribution in [1.29, 1.82) is 0 Å². The molecule has 4 nitrogen and oxygen atoms in total. The molecule has 0 aliphatic rings. The van der Waals surface area contributed by atoms with Crippen molar-refractivity contribution < 1.29 is 4.74 Å². The summed E-state index contributed by atoms with van der Waals surface area (Å²) < 4.78 is 7.16. The van der Waals surface area contributed by atoms with Crippen LogP contribution in [-0.4, -0.2) is 11.2 Å². The molecule has 94 valence electrons. The summed E-state index contributed by atoms with van der Waals surface area (Å²) in [6.07, 6.45) is 1.77. The minimum atomic E-state index is -0.0142. The molecule has 1 aromatic carbocycles. The van der Waals surface area contributed by atoms with E-state index in [-0.39, 0.29) is 5.56 Å². The first kappa shape index (κ1) is 12.2. The molecule has 0 atom stereocenters. The second kappa shape index (κ2) is 5.40. The van der Waals surface area contributed by atoms with Crippen molar-refractivity contribution in [2.24, 2.45) is 0 Å². The van der Waals surface area contributed by atoms with E-state index >= 15 is 0 Å². The van der Waals surface area contributed by atoms with Crippen LogP contribution in [0, 0.1) is 6.92 Å². The highest BCUT2D eigenvalue weighted by Crippen LogP contribution is 2.19. The molecule has 0 aliphatic carbocycles. The third-order valence-corrected chi connectivity index (χ3v) is 2.66. The summed E-state index contributed by atoms with van der Waals surface area (Å²) in [4.78, 5) is 11.6. The number of para-hydroxylation sites is 2. The predicted octanol–water partition coefficient (Wildman–Crippen LogP) is 1.82. The Hall–Kier alpha value is -2.23. The van der Waals surface area contributed by atoms with Gasteiger partial charge >= 0.3 is 0 Å². The molecule has 0 saturated heterocycles. The van der Waals surface area contributed by atoms with E-state index in [1.807, 2.05) is 31.2 Å². The molecule has 4 heteroatoms. The molecule has 0 amide bonds. The third kappa shape index (κ3) is 2.91. The van der Waals surface area contributed by atoms with Gasteiger partial charge in [-0.25, -0.2) is 0 Å². The lowest BCUT2D eigenvalue weighted by atomic mass is 10.3. The average molecular weight is 244 g/mol. The Morgan fingerprint density at radius 2 is 2.06 bits per heavy atom. The molecule has 0 bridgehead atoms. The first-order chi connectivity index (χ1) is 8.66. The molecule has 0 radical (unpaired) electrons. The number of anilines is 1. The van der Waals surface area contributed by atoms with Gasteiger partial charge in [0, 0.05) is 12.3 Å². The Balaban J connectivity index is 1.97.